The lowest BCUT2D eigenvalue weighted by Gasteiger charge is -1.99. The number of hydrogen-bond acceptors (Lipinski definition) is 5. The number of rotatable bonds is 3. The van der Waals surface area contributed by atoms with Gasteiger partial charge in [0.15, 0.2) is 15.6 Å². The van der Waals surface area contributed by atoms with Crippen LogP contribution in [0.15, 0.2) is 52.3 Å². The van der Waals surface area contributed by atoms with Crippen molar-refractivity contribution >= 4 is 27.1 Å². The Morgan fingerprint density at radius 2 is 1.94 bits per heavy atom. The molecule has 1 heterocycles. The summed E-state index contributed by atoms with van der Waals surface area (Å²) in [5.41, 5.74) is 1.79. The number of nitrogens with zero attached hydrogens (tertiary/aromatic N) is 1. The zero-order chi connectivity index (χ0) is 13.4. The van der Waals surface area contributed by atoms with E-state index < -0.39 is 21.6 Å². The molecule has 0 radical (unpaired) electrons. The summed E-state index contributed by atoms with van der Waals surface area (Å²) >= 11 is 1.60. The minimum Gasteiger partial charge on any atom is -0.480 e. The van der Waals surface area contributed by atoms with E-state index in [1.165, 1.54) is 12.1 Å². The van der Waals surface area contributed by atoms with Gasteiger partial charge in [-0.1, -0.05) is 18.2 Å². The molecule has 0 atom stereocenters. The summed E-state index contributed by atoms with van der Waals surface area (Å²) in [6, 6.07) is 7.51. The van der Waals surface area contributed by atoms with Crippen molar-refractivity contribution in [1.82, 2.24) is 4.98 Å². The van der Waals surface area contributed by atoms with Crippen LogP contribution in [0.4, 0.5) is 0 Å². The van der Waals surface area contributed by atoms with Gasteiger partial charge in [0.05, 0.1) is 10.4 Å². The van der Waals surface area contributed by atoms with Crippen LogP contribution in [0, 0.1) is 0 Å². The molecule has 0 saturated heterocycles. The van der Waals surface area contributed by atoms with Crippen molar-refractivity contribution < 1.29 is 18.3 Å². The lowest BCUT2D eigenvalue weighted by molar-refractivity contribution is -0.134. The van der Waals surface area contributed by atoms with Crippen molar-refractivity contribution in [2.75, 3.05) is 5.75 Å². The summed E-state index contributed by atoms with van der Waals surface area (Å²) in [5.74, 6) is -2.21. The fourth-order valence-electron chi connectivity index (χ4n) is 1.05. The van der Waals surface area contributed by atoms with Crippen LogP contribution in [-0.4, -0.2) is 30.2 Å². The largest absolute Gasteiger partial charge is 0.480 e. The number of sulfone groups is 1. The first-order chi connectivity index (χ1) is 8.52. The summed E-state index contributed by atoms with van der Waals surface area (Å²) in [6.07, 6.45) is 1.77. The van der Waals surface area contributed by atoms with Crippen molar-refractivity contribution in [2.24, 2.45) is 0 Å². The second-order valence-electron chi connectivity index (χ2n) is 3.14. The third-order valence-electron chi connectivity index (χ3n) is 1.76. The van der Waals surface area contributed by atoms with Crippen molar-refractivity contribution in [2.45, 2.75) is 4.90 Å². The number of benzene rings is 1. The van der Waals surface area contributed by atoms with Crippen molar-refractivity contribution in [1.29, 1.82) is 0 Å². The zero-order valence-corrected chi connectivity index (χ0v) is 10.9. The molecule has 0 aliphatic carbocycles. The van der Waals surface area contributed by atoms with Crippen LogP contribution in [0.3, 0.4) is 0 Å². The highest BCUT2D eigenvalue weighted by Crippen LogP contribution is 2.09. The average molecular weight is 285 g/mol. The minimum atomic E-state index is -3.66. The second-order valence-corrected chi connectivity index (χ2v) is 5.89. The lowest BCUT2D eigenvalue weighted by atomic mass is 10.4. The predicted octanol–water partition coefficient (Wildman–Crippen LogP) is 1.69. The van der Waals surface area contributed by atoms with E-state index in [1.54, 1.807) is 41.2 Å². The number of aliphatic carboxylic acids is 1. The number of carbonyl (C=O) groups is 1. The van der Waals surface area contributed by atoms with E-state index in [-0.39, 0.29) is 4.90 Å². The van der Waals surface area contributed by atoms with Crippen LogP contribution >= 0.6 is 11.3 Å². The van der Waals surface area contributed by atoms with E-state index in [9.17, 15) is 13.2 Å². The fourth-order valence-corrected chi connectivity index (χ4v) is 2.46. The summed E-state index contributed by atoms with van der Waals surface area (Å²) in [7, 11) is -3.66. The maximum Gasteiger partial charge on any atom is 0.319 e. The highest BCUT2D eigenvalue weighted by molar-refractivity contribution is 7.92. The van der Waals surface area contributed by atoms with Gasteiger partial charge in [0.25, 0.3) is 0 Å². The lowest BCUT2D eigenvalue weighted by Crippen LogP contribution is -2.15. The van der Waals surface area contributed by atoms with Crippen LogP contribution < -0.4 is 0 Å². The van der Waals surface area contributed by atoms with Gasteiger partial charge >= 0.3 is 5.97 Å². The highest BCUT2D eigenvalue weighted by atomic mass is 32.2. The number of carboxylic acids is 1. The first-order valence-corrected chi connectivity index (χ1v) is 7.43. The molecule has 0 unspecified atom stereocenters. The number of hydrogen-bond donors (Lipinski definition) is 1. The Balaban J connectivity index is 0.000000269. The quantitative estimate of drug-likeness (QED) is 0.927. The molecular formula is C11H11NO4S2. The Hall–Kier alpha value is -1.73. The maximum atomic E-state index is 11.3. The Bertz CT molecular complexity index is 547. The van der Waals surface area contributed by atoms with Crippen LogP contribution in [0.25, 0.3) is 0 Å². The van der Waals surface area contributed by atoms with Gasteiger partial charge in [-0.2, -0.15) is 0 Å². The molecule has 0 fully saturated rings. The maximum absolute atomic E-state index is 11.3. The fraction of sp³-hybridized carbons (Fsp3) is 0.0909. The van der Waals surface area contributed by atoms with E-state index in [0.29, 0.717) is 0 Å². The van der Waals surface area contributed by atoms with E-state index in [4.69, 9.17) is 5.11 Å². The van der Waals surface area contributed by atoms with Crippen molar-refractivity contribution in [3.05, 3.63) is 47.4 Å². The molecule has 0 bridgehead atoms. The SMILES string of the molecule is O=C(O)CS(=O)(=O)c1ccccc1.c1cscn1. The molecule has 0 saturated carbocycles. The Kier molecular flexibility index (Phi) is 5.47. The third kappa shape index (κ3) is 5.07. The molecule has 0 aliphatic rings. The van der Waals surface area contributed by atoms with Gasteiger partial charge < -0.3 is 5.11 Å². The molecule has 0 amide bonds. The average Bonchev–Trinajstić information content (AvgIpc) is 2.87. The zero-order valence-electron chi connectivity index (χ0n) is 9.26. The minimum absolute atomic E-state index is 0.0393. The molecule has 18 heavy (non-hydrogen) atoms. The van der Waals surface area contributed by atoms with Crippen molar-refractivity contribution in [3.63, 3.8) is 0 Å². The van der Waals surface area contributed by atoms with Crippen LogP contribution in [-0.2, 0) is 14.6 Å². The summed E-state index contributed by atoms with van der Waals surface area (Å²) in [5, 5.41) is 10.3. The Morgan fingerprint density at radius 1 is 1.28 bits per heavy atom. The van der Waals surface area contributed by atoms with Gasteiger partial charge in [-0.25, -0.2) is 8.42 Å². The molecule has 0 aliphatic heterocycles. The normalized spacial score (nSPS) is 10.2. The van der Waals surface area contributed by atoms with E-state index in [1.807, 2.05) is 5.38 Å². The van der Waals surface area contributed by atoms with Crippen LogP contribution in [0.5, 0.6) is 0 Å². The first-order valence-electron chi connectivity index (χ1n) is 4.84. The van der Waals surface area contributed by atoms with Gasteiger partial charge in [0, 0.05) is 11.6 Å². The van der Waals surface area contributed by atoms with Crippen molar-refractivity contribution in [3.8, 4) is 0 Å². The molecule has 2 rings (SSSR count). The summed E-state index contributed by atoms with van der Waals surface area (Å²) < 4.78 is 22.5. The smallest absolute Gasteiger partial charge is 0.319 e. The number of thiazole rings is 1. The number of carboxylic acid groups (broad SMARTS) is 1. The van der Waals surface area contributed by atoms with Crippen LogP contribution in [0.1, 0.15) is 0 Å². The molecule has 1 aromatic heterocycles. The molecule has 0 spiro atoms. The molecule has 5 nitrogen and oxygen atoms in total. The first kappa shape index (κ1) is 14.3. The molecule has 7 heteroatoms. The monoisotopic (exact) mass is 285 g/mol. The molecular weight excluding hydrogens is 274 g/mol. The van der Waals surface area contributed by atoms with Gasteiger partial charge in [-0.05, 0) is 12.1 Å². The van der Waals surface area contributed by atoms with E-state index in [0.717, 1.165) is 0 Å². The molecule has 96 valence electrons. The summed E-state index contributed by atoms with van der Waals surface area (Å²) in [6.45, 7) is 0. The predicted molar refractivity (Wildman–Crippen MR) is 68.2 cm³/mol. The van der Waals surface area contributed by atoms with Gasteiger partial charge in [0.1, 0.15) is 0 Å². The highest BCUT2D eigenvalue weighted by Gasteiger charge is 2.17. The standard InChI is InChI=1S/C8H8O4S.C3H3NS/c9-8(10)6-13(11,12)7-4-2-1-3-5-7;1-2-5-3-4-1/h1-5H,6H2,(H,9,10);1-3H. The molecule has 1 aromatic carbocycles. The molecule has 1 N–H and O–H groups in total. The third-order valence-corrected chi connectivity index (χ3v) is 3.90. The van der Waals surface area contributed by atoms with E-state index in [2.05, 4.69) is 4.98 Å². The van der Waals surface area contributed by atoms with Crippen LogP contribution in [0.2, 0.25) is 0 Å². The van der Waals surface area contributed by atoms with Gasteiger partial charge in [0.2, 0.25) is 0 Å². The summed E-state index contributed by atoms with van der Waals surface area (Å²) in [4.78, 5) is 14.0. The topological polar surface area (TPSA) is 84.3 Å². The van der Waals surface area contributed by atoms with E-state index >= 15 is 0 Å². The molecule has 2 aromatic rings. The number of aromatic nitrogens is 1. The van der Waals surface area contributed by atoms with Gasteiger partial charge in [-0.15, -0.1) is 11.3 Å². The van der Waals surface area contributed by atoms with Gasteiger partial charge in [-0.3, -0.25) is 9.78 Å². The Morgan fingerprint density at radius 3 is 2.33 bits per heavy atom. The Labute approximate surface area is 109 Å². The second kappa shape index (κ2) is 6.87.